The lowest BCUT2D eigenvalue weighted by Crippen LogP contribution is -2.40. The van der Waals surface area contributed by atoms with Gasteiger partial charge in [0.1, 0.15) is 11.9 Å². The van der Waals surface area contributed by atoms with Gasteiger partial charge in [-0.15, -0.1) is 0 Å². The number of hydrogen-bond acceptors (Lipinski definition) is 7. The SMILES string of the molecule is N#Cc1ccc(-c2nc(N3CCC(N)CC3)ncc2C#CC2(O)CCOC2)cc1F. The van der Waals surface area contributed by atoms with E-state index in [1.54, 1.807) is 12.3 Å². The van der Waals surface area contributed by atoms with Crippen LogP contribution in [0.15, 0.2) is 24.4 Å². The number of rotatable bonds is 2. The first-order chi connectivity index (χ1) is 14.5. The smallest absolute Gasteiger partial charge is 0.225 e. The second-order valence-corrected chi connectivity index (χ2v) is 7.65. The Kier molecular flexibility index (Phi) is 5.65. The predicted molar refractivity (Wildman–Crippen MR) is 109 cm³/mol. The van der Waals surface area contributed by atoms with Crippen LogP contribution in [-0.2, 0) is 4.74 Å². The molecule has 2 aliphatic heterocycles. The molecule has 2 fully saturated rings. The highest BCUT2D eigenvalue weighted by molar-refractivity contribution is 5.69. The number of piperidine rings is 1. The lowest BCUT2D eigenvalue weighted by Gasteiger charge is -2.30. The molecular formula is C22H22FN5O2. The first kappa shape index (κ1) is 20.2. The Hall–Kier alpha value is -3.04. The van der Waals surface area contributed by atoms with Gasteiger partial charge in [0.2, 0.25) is 5.95 Å². The summed E-state index contributed by atoms with van der Waals surface area (Å²) in [5.74, 6) is 5.70. The lowest BCUT2D eigenvalue weighted by atomic mass is 10.0. The van der Waals surface area contributed by atoms with Crippen LogP contribution in [0.4, 0.5) is 10.3 Å². The molecule has 7 nitrogen and oxygen atoms in total. The second-order valence-electron chi connectivity index (χ2n) is 7.65. The maximum atomic E-state index is 14.3. The molecule has 2 aliphatic rings. The maximum Gasteiger partial charge on any atom is 0.225 e. The number of ether oxygens (including phenoxy) is 1. The number of nitrogens with zero attached hydrogens (tertiary/aromatic N) is 4. The van der Waals surface area contributed by atoms with Gasteiger partial charge >= 0.3 is 0 Å². The van der Waals surface area contributed by atoms with Crippen molar-refractivity contribution in [2.24, 2.45) is 5.73 Å². The molecule has 30 heavy (non-hydrogen) atoms. The van der Waals surface area contributed by atoms with Crippen LogP contribution in [0, 0.1) is 29.0 Å². The molecule has 0 bridgehead atoms. The van der Waals surface area contributed by atoms with Crippen molar-refractivity contribution in [3.8, 4) is 29.2 Å². The number of benzene rings is 1. The molecule has 154 valence electrons. The summed E-state index contributed by atoms with van der Waals surface area (Å²) in [7, 11) is 0. The monoisotopic (exact) mass is 407 g/mol. The van der Waals surface area contributed by atoms with Gasteiger partial charge in [0, 0.05) is 37.3 Å². The third-order valence-electron chi connectivity index (χ3n) is 5.39. The molecule has 1 aromatic heterocycles. The summed E-state index contributed by atoms with van der Waals surface area (Å²) in [5, 5.41) is 19.5. The van der Waals surface area contributed by atoms with Crippen LogP contribution in [0.25, 0.3) is 11.3 Å². The van der Waals surface area contributed by atoms with Gasteiger partial charge in [0.15, 0.2) is 5.60 Å². The van der Waals surface area contributed by atoms with Crippen molar-refractivity contribution < 1.29 is 14.2 Å². The van der Waals surface area contributed by atoms with Gasteiger partial charge in [0.25, 0.3) is 0 Å². The zero-order valence-corrected chi connectivity index (χ0v) is 16.4. The summed E-state index contributed by atoms with van der Waals surface area (Å²) in [4.78, 5) is 11.2. The minimum atomic E-state index is -1.21. The standard InChI is InChI=1S/C22H22FN5O2/c23-19-11-15(1-2-16(19)12-24)20-17(3-6-22(29)7-10-30-14-22)13-26-21(27-20)28-8-4-18(25)5-9-28/h1-2,11,13,18,29H,4-5,7-10,14,25H2. The number of aliphatic hydroxyl groups is 1. The Balaban J connectivity index is 1.75. The second kappa shape index (κ2) is 8.37. The summed E-state index contributed by atoms with van der Waals surface area (Å²) >= 11 is 0. The van der Waals surface area contributed by atoms with E-state index in [4.69, 9.17) is 15.7 Å². The summed E-state index contributed by atoms with van der Waals surface area (Å²) in [6.45, 7) is 2.08. The molecule has 1 atom stereocenters. The Morgan fingerprint density at radius 1 is 1.30 bits per heavy atom. The van der Waals surface area contributed by atoms with E-state index in [-0.39, 0.29) is 18.2 Å². The first-order valence-electron chi connectivity index (χ1n) is 9.88. The maximum absolute atomic E-state index is 14.3. The Labute approximate surface area is 174 Å². The molecular weight excluding hydrogens is 385 g/mol. The zero-order chi connectivity index (χ0) is 21.1. The molecule has 0 aliphatic carbocycles. The lowest BCUT2D eigenvalue weighted by molar-refractivity contribution is 0.0765. The molecule has 0 radical (unpaired) electrons. The van der Waals surface area contributed by atoms with E-state index < -0.39 is 11.4 Å². The summed E-state index contributed by atoms with van der Waals surface area (Å²) in [6.07, 6.45) is 3.71. The third kappa shape index (κ3) is 4.27. The largest absolute Gasteiger partial charge is 0.377 e. The fourth-order valence-electron chi connectivity index (χ4n) is 3.53. The van der Waals surface area contributed by atoms with Gasteiger partial charge in [-0.25, -0.2) is 14.4 Å². The van der Waals surface area contributed by atoms with E-state index in [2.05, 4.69) is 21.8 Å². The zero-order valence-electron chi connectivity index (χ0n) is 16.4. The highest BCUT2D eigenvalue weighted by Crippen LogP contribution is 2.26. The van der Waals surface area contributed by atoms with E-state index in [9.17, 15) is 9.50 Å². The number of nitriles is 1. The fourth-order valence-corrected chi connectivity index (χ4v) is 3.53. The van der Waals surface area contributed by atoms with Gasteiger partial charge in [-0.3, -0.25) is 0 Å². The van der Waals surface area contributed by atoms with E-state index in [1.807, 2.05) is 11.0 Å². The van der Waals surface area contributed by atoms with E-state index in [0.29, 0.717) is 35.8 Å². The molecule has 1 unspecified atom stereocenters. The van der Waals surface area contributed by atoms with Crippen molar-refractivity contribution in [2.75, 3.05) is 31.2 Å². The molecule has 2 saturated heterocycles. The van der Waals surface area contributed by atoms with Crippen LogP contribution in [-0.4, -0.2) is 53.0 Å². The normalized spacial score (nSPS) is 21.7. The molecule has 3 heterocycles. The number of nitrogens with two attached hydrogens (primary N) is 1. The number of halogens is 1. The molecule has 2 aromatic rings. The first-order valence-corrected chi connectivity index (χ1v) is 9.88. The quantitative estimate of drug-likeness (QED) is 0.728. The van der Waals surface area contributed by atoms with Crippen LogP contribution in [0.5, 0.6) is 0 Å². The average Bonchev–Trinajstić information content (AvgIpc) is 3.19. The Bertz CT molecular complexity index is 1040. The molecule has 0 amide bonds. The van der Waals surface area contributed by atoms with Crippen molar-refractivity contribution in [3.63, 3.8) is 0 Å². The van der Waals surface area contributed by atoms with Crippen molar-refractivity contribution in [3.05, 3.63) is 41.3 Å². The summed E-state index contributed by atoms with van der Waals surface area (Å²) in [5.41, 5.74) is 6.15. The van der Waals surface area contributed by atoms with E-state index >= 15 is 0 Å². The van der Waals surface area contributed by atoms with Crippen LogP contribution < -0.4 is 10.6 Å². The topological polar surface area (TPSA) is 108 Å². The van der Waals surface area contributed by atoms with Gasteiger partial charge in [-0.05, 0) is 25.0 Å². The summed E-state index contributed by atoms with van der Waals surface area (Å²) in [6, 6.07) is 6.32. The number of aromatic nitrogens is 2. The van der Waals surface area contributed by atoms with Crippen LogP contribution in [0.1, 0.15) is 30.4 Å². The van der Waals surface area contributed by atoms with E-state index in [1.165, 1.54) is 12.1 Å². The van der Waals surface area contributed by atoms with Crippen molar-refractivity contribution in [2.45, 2.75) is 30.9 Å². The molecule has 4 rings (SSSR count). The minimum absolute atomic E-state index is 0.0388. The summed E-state index contributed by atoms with van der Waals surface area (Å²) < 4.78 is 19.5. The molecule has 0 spiro atoms. The molecule has 8 heteroatoms. The highest BCUT2D eigenvalue weighted by atomic mass is 19.1. The Morgan fingerprint density at radius 2 is 2.10 bits per heavy atom. The van der Waals surface area contributed by atoms with Gasteiger partial charge in [-0.1, -0.05) is 17.9 Å². The predicted octanol–water partition coefficient (Wildman–Crippen LogP) is 1.58. The van der Waals surface area contributed by atoms with E-state index in [0.717, 1.165) is 25.9 Å². The fraction of sp³-hybridized carbons (Fsp3) is 0.409. The van der Waals surface area contributed by atoms with Crippen molar-refractivity contribution in [1.82, 2.24) is 9.97 Å². The molecule has 3 N–H and O–H groups in total. The van der Waals surface area contributed by atoms with Gasteiger partial charge in [-0.2, -0.15) is 5.26 Å². The Morgan fingerprint density at radius 3 is 2.77 bits per heavy atom. The van der Waals surface area contributed by atoms with Crippen molar-refractivity contribution >= 4 is 5.95 Å². The number of anilines is 1. The van der Waals surface area contributed by atoms with Gasteiger partial charge in [0.05, 0.1) is 30.0 Å². The highest BCUT2D eigenvalue weighted by Gasteiger charge is 2.30. The third-order valence-corrected chi connectivity index (χ3v) is 5.39. The van der Waals surface area contributed by atoms with Crippen LogP contribution in [0.3, 0.4) is 0 Å². The van der Waals surface area contributed by atoms with Crippen molar-refractivity contribution in [1.29, 1.82) is 5.26 Å². The van der Waals surface area contributed by atoms with Crippen LogP contribution >= 0.6 is 0 Å². The van der Waals surface area contributed by atoms with Crippen LogP contribution in [0.2, 0.25) is 0 Å². The molecule has 1 aromatic carbocycles. The number of hydrogen-bond donors (Lipinski definition) is 2. The van der Waals surface area contributed by atoms with Gasteiger partial charge < -0.3 is 20.5 Å². The molecule has 0 saturated carbocycles. The average molecular weight is 407 g/mol. The minimum Gasteiger partial charge on any atom is -0.377 e.